The molecule has 1 aliphatic heterocycles. The van der Waals surface area contributed by atoms with Gasteiger partial charge in [-0.2, -0.15) is 0 Å². The van der Waals surface area contributed by atoms with Gasteiger partial charge in [0.05, 0.1) is 0 Å². The summed E-state index contributed by atoms with van der Waals surface area (Å²) in [6.45, 7) is 3.30. The molecule has 1 aromatic rings. The van der Waals surface area contributed by atoms with Crippen molar-refractivity contribution in [2.24, 2.45) is 5.73 Å². The molecule has 0 spiro atoms. The van der Waals surface area contributed by atoms with E-state index < -0.39 is 0 Å². The van der Waals surface area contributed by atoms with Crippen molar-refractivity contribution in [1.82, 2.24) is 4.90 Å². The van der Waals surface area contributed by atoms with Crippen molar-refractivity contribution in [2.45, 2.75) is 43.4 Å². The molecule has 2 nitrogen and oxygen atoms in total. The lowest BCUT2D eigenvalue weighted by Gasteiger charge is -2.19. The summed E-state index contributed by atoms with van der Waals surface area (Å²) in [6, 6.07) is 9.31. The highest BCUT2D eigenvalue weighted by atomic mass is 15.1. The van der Waals surface area contributed by atoms with E-state index in [0.717, 1.165) is 12.5 Å². The molecule has 104 valence electrons. The van der Waals surface area contributed by atoms with Crippen molar-refractivity contribution in [3.63, 3.8) is 0 Å². The second-order valence-corrected chi connectivity index (χ2v) is 6.54. The molecule has 1 atom stereocenters. The maximum Gasteiger partial charge on any atom is 0.00763 e. The van der Waals surface area contributed by atoms with Crippen LogP contribution in [0, 0.1) is 0 Å². The molecule has 2 fully saturated rings. The zero-order valence-corrected chi connectivity index (χ0v) is 12.1. The van der Waals surface area contributed by atoms with E-state index >= 15 is 0 Å². The molecule has 0 aromatic heterocycles. The summed E-state index contributed by atoms with van der Waals surface area (Å²) >= 11 is 0. The highest BCUT2D eigenvalue weighted by Crippen LogP contribution is 2.47. The predicted octanol–water partition coefficient (Wildman–Crippen LogP) is 2.88. The average Bonchev–Trinajstić information content (AvgIpc) is 3.24. The van der Waals surface area contributed by atoms with Gasteiger partial charge in [-0.15, -0.1) is 0 Å². The molecule has 3 rings (SSSR count). The van der Waals surface area contributed by atoms with Crippen LogP contribution in [0.3, 0.4) is 0 Å². The van der Waals surface area contributed by atoms with Gasteiger partial charge in [-0.25, -0.2) is 0 Å². The third-order valence-electron chi connectivity index (χ3n) is 5.17. The molecule has 1 heterocycles. The van der Waals surface area contributed by atoms with Gasteiger partial charge in [0.2, 0.25) is 0 Å². The van der Waals surface area contributed by atoms with Crippen molar-refractivity contribution in [3.8, 4) is 0 Å². The third kappa shape index (κ3) is 2.70. The Morgan fingerprint density at radius 1 is 1.26 bits per heavy atom. The summed E-state index contributed by atoms with van der Waals surface area (Å²) in [5, 5.41) is 0. The van der Waals surface area contributed by atoms with Crippen LogP contribution in [0.1, 0.15) is 49.1 Å². The first-order valence-corrected chi connectivity index (χ1v) is 7.73. The maximum absolute atomic E-state index is 5.97. The number of hydrogen-bond acceptors (Lipinski definition) is 2. The molecule has 2 aliphatic rings. The molecular weight excluding hydrogens is 232 g/mol. The molecule has 0 amide bonds. The Morgan fingerprint density at radius 2 is 2.11 bits per heavy atom. The zero-order valence-electron chi connectivity index (χ0n) is 12.1. The Kier molecular flexibility index (Phi) is 3.64. The van der Waals surface area contributed by atoms with Crippen molar-refractivity contribution in [3.05, 3.63) is 35.4 Å². The molecule has 2 heteroatoms. The third-order valence-corrected chi connectivity index (χ3v) is 5.17. The van der Waals surface area contributed by atoms with Crippen molar-refractivity contribution in [2.75, 3.05) is 26.7 Å². The van der Waals surface area contributed by atoms with E-state index in [0.29, 0.717) is 5.41 Å². The minimum absolute atomic E-state index is 0.331. The fraction of sp³-hybridized carbons (Fsp3) is 0.647. The van der Waals surface area contributed by atoms with E-state index in [1.807, 2.05) is 0 Å². The van der Waals surface area contributed by atoms with E-state index in [9.17, 15) is 0 Å². The number of hydrogen-bond donors (Lipinski definition) is 1. The van der Waals surface area contributed by atoms with Gasteiger partial charge in [-0.3, -0.25) is 0 Å². The Balaban J connectivity index is 1.79. The first-order valence-electron chi connectivity index (χ1n) is 7.73. The molecule has 1 unspecified atom stereocenters. The van der Waals surface area contributed by atoms with Crippen LogP contribution in [0.4, 0.5) is 0 Å². The molecule has 1 aromatic carbocycles. The highest BCUT2D eigenvalue weighted by molar-refractivity contribution is 5.36. The maximum atomic E-state index is 5.97. The van der Waals surface area contributed by atoms with Crippen molar-refractivity contribution < 1.29 is 0 Å². The quantitative estimate of drug-likeness (QED) is 0.903. The monoisotopic (exact) mass is 258 g/mol. The van der Waals surface area contributed by atoms with Crippen LogP contribution in [0.25, 0.3) is 0 Å². The molecule has 0 bridgehead atoms. The Hall–Kier alpha value is -0.860. The van der Waals surface area contributed by atoms with E-state index in [1.54, 1.807) is 5.56 Å². The largest absolute Gasteiger partial charge is 0.330 e. The van der Waals surface area contributed by atoms with Crippen LogP contribution in [0.15, 0.2) is 24.3 Å². The van der Waals surface area contributed by atoms with E-state index in [-0.39, 0.29) is 0 Å². The SMILES string of the molecule is CN1CCCC(c2cccc(C3(CN)CC3)c2)CC1. The number of likely N-dealkylation sites (tertiary alicyclic amines) is 1. The zero-order chi connectivity index (χ0) is 13.3. The molecular formula is C17H26N2. The molecule has 1 saturated heterocycles. The first-order chi connectivity index (χ1) is 9.23. The Labute approximate surface area is 117 Å². The number of nitrogens with zero attached hydrogens (tertiary/aromatic N) is 1. The standard InChI is InChI=1S/C17H26N2/c1-19-10-3-5-14(7-11-19)15-4-2-6-16(12-15)17(13-18)8-9-17/h2,4,6,12,14H,3,5,7-11,13,18H2,1H3. The Morgan fingerprint density at radius 3 is 2.84 bits per heavy atom. The van der Waals surface area contributed by atoms with Gasteiger partial charge >= 0.3 is 0 Å². The van der Waals surface area contributed by atoms with E-state index in [4.69, 9.17) is 5.73 Å². The van der Waals surface area contributed by atoms with Crippen molar-refractivity contribution in [1.29, 1.82) is 0 Å². The summed E-state index contributed by atoms with van der Waals surface area (Å²) in [5.74, 6) is 0.749. The minimum Gasteiger partial charge on any atom is -0.330 e. The molecule has 1 aliphatic carbocycles. The molecule has 0 radical (unpaired) electrons. The minimum atomic E-state index is 0.331. The summed E-state index contributed by atoms with van der Waals surface area (Å²) in [7, 11) is 2.24. The topological polar surface area (TPSA) is 29.3 Å². The lowest BCUT2D eigenvalue weighted by Crippen LogP contribution is -2.20. The second kappa shape index (κ2) is 5.26. The highest BCUT2D eigenvalue weighted by Gasteiger charge is 2.42. The van der Waals surface area contributed by atoms with E-state index in [2.05, 4.69) is 36.2 Å². The smallest absolute Gasteiger partial charge is 0.00763 e. The van der Waals surface area contributed by atoms with Gasteiger partial charge in [0.15, 0.2) is 0 Å². The van der Waals surface area contributed by atoms with Crippen LogP contribution in [0.2, 0.25) is 0 Å². The molecule has 2 N–H and O–H groups in total. The van der Waals surface area contributed by atoms with Gasteiger partial charge in [-0.1, -0.05) is 24.3 Å². The summed E-state index contributed by atoms with van der Waals surface area (Å²) in [5.41, 5.74) is 9.34. The van der Waals surface area contributed by atoms with Gasteiger partial charge < -0.3 is 10.6 Å². The molecule has 19 heavy (non-hydrogen) atoms. The second-order valence-electron chi connectivity index (χ2n) is 6.54. The lowest BCUT2D eigenvalue weighted by atomic mass is 9.87. The first kappa shape index (κ1) is 13.1. The van der Waals surface area contributed by atoms with Crippen LogP contribution >= 0.6 is 0 Å². The van der Waals surface area contributed by atoms with Gasteiger partial charge in [0.1, 0.15) is 0 Å². The lowest BCUT2D eigenvalue weighted by molar-refractivity contribution is 0.347. The fourth-order valence-electron chi connectivity index (χ4n) is 3.46. The van der Waals surface area contributed by atoms with Gasteiger partial charge in [0, 0.05) is 12.0 Å². The van der Waals surface area contributed by atoms with Crippen LogP contribution < -0.4 is 5.73 Å². The number of nitrogens with two attached hydrogens (primary N) is 1. The van der Waals surface area contributed by atoms with Crippen molar-refractivity contribution >= 4 is 0 Å². The van der Waals surface area contributed by atoms with Gasteiger partial charge in [0.25, 0.3) is 0 Å². The van der Waals surface area contributed by atoms with Gasteiger partial charge in [-0.05, 0) is 69.3 Å². The number of rotatable bonds is 3. The number of benzene rings is 1. The average molecular weight is 258 g/mol. The fourth-order valence-corrected chi connectivity index (χ4v) is 3.46. The van der Waals surface area contributed by atoms with E-state index in [1.165, 1.54) is 50.8 Å². The summed E-state index contributed by atoms with van der Waals surface area (Å²) in [4.78, 5) is 2.46. The predicted molar refractivity (Wildman–Crippen MR) is 80.5 cm³/mol. The summed E-state index contributed by atoms with van der Waals surface area (Å²) in [6.07, 6.45) is 6.52. The van der Waals surface area contributed by atoms with Crippen LogP contribution in [-0.4, -0.2) is 31.6 Å². The molecule has 1 saturated carbocycles. The summed E-state index contributed by atoms with van der Waals surface area (Å²) < 4.78 is 0. The van der Waals surface area contributed by atoms with Crippen LogP contribution in [0.5, 0.6) is 0 Å². The van der Waals surface area contributed by atoms with Crippen LogP contribution in [-0.2, 0) is 5.41 Å². The Bertz CT molecular complexity index is 437. The normalized spacial score (nSPS) is 26.9.